The van der Waals surface area contributed by atoms with Gasteiger partial charge in [-0.15, -0.1) is 0 Å². The van der Waals surface area contributed by atoms with Gasteiger partial charge in [0.1, 0.15) is 4.75 Å². The largest absolute Gasteiger partial charge is 0.286 e. The lowest BCUT2D eigenvalue weighted by Crippen LogP contribution is -2.27. The maximum absolute atomic E-state index is 11.2. The monoisotopic (exact) mass is 171 g/mol. The normalized spacial score (nSPS) is 48.2. The summed E-state index contributed by atoms with van der Waals surface area (Å²) in [6, 6.07) is 0. The summed E-state index contributed by atoms with van der Waals surface area (Å²) < 4.78 is -0.392. The third kappa shape index (κ3) is 0.656. The fraction of sp³-hybridized carbons (Fsp3) is 0.714. The molecule has 2 unspecified atom stereocenters. The lowest BCUT2D eigenvalue weighted by molar-refractivity contribution is -0.120. The predicted molar refractivity (Wildman–Crippen MR) is 42.2 cm³/mol. The molecule has 1 saturated heterocycles. The fourth-order valence-corrected chi connectivity index (χ4v) is 3.06. The van der Waals surface area contributed by atoms with Crippen LogP contribution in [0.25, 0.3) is 0 Å². The Bertz CT molecular complexity index is 243. The van der Waals surface area contributed by atoms with Crippen molar-refractivity contribution < 1.29 is 9.59 Å². The lowest BCUT2D eigenvalue weighted by atomic mass is 10.3. The van der Waals surface area contributed by atoms with Crippen molar-refractivity contribution >= 4 is 22.9 Å². The molecule has 60 valence electrons. The van der Waals surface area contributed by atoms with E-state index < -0.39 is 4.75 Å². The summed E-state index contributed by atoms with van der Waals surface area (Å²) in [7, 11) is 0. The van der Waals surface area contributed by atoms with Crippen LogP contribution in [-0.2, 0) is 4.79 Å². The van der Waals surface area contributed by atoms with Gasteiger partial charge in [0.05, 0.1) is 0 Å². The van der Waals surface area contributed by atoms with Crippen LogP contribution in [0.1, 0.15) is 13.8 Å². The minimum atomic E-state index is -0.392. The molecule has 3 atom stereocenters. The van der Waals surface area contributed by atoms with Crippen molar-refractivity contribution in [1.29, 1.82) is 0 Å². The zero-order valence-corrected chi connectivity index (χ0v) is 7.20. The second-order valence-corrected chi connectivity index (χ2v) is 4.46. The summed E-state index contributed by atoms with van der Waals surface area (Å²) in [5, 5.41) is 2.13. The molecule has 3 nitrogen and oxygen atoms in total. The number of hydrogen-bond acceptors (Lipinski definition) is 3. The molecule has 0 aromatic heterocycles. The third-order valence-electron chi connectivity index (χ3n) is 2.83. The first kappa shape index (κ1) is 7.16. The highest BCUT2D eigenvalue weighted by atomic mass is 32.2. The topological polar surface area (TPSA) is 46.2 Å². The molecule has 2 rings (SSSR count). The van der Waals surface area contributed by atoms with Crippen molar-refractivity contribution in [1.82, 2.24) is 5.32 Å². The van der Waals surface area contributed by atoms with Crippen molar-refractivity contribution in [3.05, 3.63) is 0 Å². The smallest absolute Gasteiger partial charge is 0.286 e. The van der Waals surface area contributed by atoms with Crippen LogP contribution in [0.3, 0.4) is 0 Å². The molecular weight excluding hydrogens is 162 g/mol. The summed E-state index contributed by atoms with van der Waals surface area (Å²) in [4.78, 5) is 22.1. The van der Waals surface area contributed by atoms with Crippen LogP contribution >= 0.6 is 11.8 Å². The van der Waals surface area contributed by atoms with Crippen LogP contribution in [0.5, 0.6) is 0 Å². The number of rotatable bonds is 0. The molecule has 0 aromatic carbocycles. The van der Waals surface area contributed by atoms with Crippen LogP contribution in [-0.4, -0.2) is 15.9 Å². The molecule has 1 N–H and O–H groups in total. The van der Waals surface area contributed by atoms with E-state index in [0.29, 0.717) is 11.8 Å². The van der Waals surface area contributed by atoms with Gasteiger partial charge < -0.3 is 0 Å². The number of imide groups is 1. The quantitative estimate of drug-likeness (QED) is 0.591. The maximum atomic E-state index is 11.2. The molecule has 2 aliphatic rings. The third-order valence-corrected chi connectivity index (χ3v) is 4.38. The highest BCUT2D eigenvalue weighted by molar-refractivity contribution is 8.16. The highest BCUT2D eigenvalue weighted by Gasteiger charge is 2.69. The van der Waals surface area contributed by atoms with E-state index in [0.717, 1.165) is 11.8 Å². The number of thioether (sulfide) groups is 1. The number of amides is 2. The summed E-state index contributed by atoms with van der Waals surface area (Å²) in [5.41, 5.74) is 0. The van der Waals surface area contributed by atoms with Gasteiger partial charge in [-0.2, -0.15) is 0 Å². The average Bonchev–Trinajstić information content (AvgIpc) is 2.36. The Balaban J connectivity index is 2.30. The maximum Gasteiger partial charge on any atom is 0.286 e. The van der Waals surface area contributed by atoms with Gasteiger partial charge in [0, 0.05) is 0 Å². The van der Waals surface area contributed by atoms with Gasteiger partial charge in [-0.1, -0.05) is 13.8 Å². The van der Waals surface area contributed by atoms with Crippen LogP contribution in [0.15, 0.2) is 0 Å². The van der Waals surface area contributed by atoms with E-state index in [9.17, 15) is 9.59 Å². The van der Waals surface area contributed by atoms with Gasteiger partial charge in [-0.05, 0) is 23.6 Å². The molecule has 11 heavy (non-hydrogen) atoms. The average molecular weight is 171 g/mol. The van der Waals surface area contributed by atoms with E-state index in [1.165, 1.54) is 0 Å². The van der Waals surface area contributed by atoms with Crippen molar-refractivity contribution in [2.24, 2.45) is 11.8 Å². The standard InChI is InChI=1S/C7H9NO2S/c1-3-4(2)7(3)5(9)8-6(10)11-7/h3-4H,1-2H3,(H,8,9,10)/t3-,4?,7?/m1/s1. The minimum absolute atomic E-state index is 0.0903. The van der Waals surface area contributed by atoms with Crippen molar-refractivity contribution in [2.75, 3.05) is 0 Å². The molecule has 0 radical (unpaired) electrons. The molecule has 2 fully saturated rings. The number of hydrogen-bond donors (Lipinski definition) is 1. The van der Waals surface area contributed by atoms with Gasteiger partial charge in [0.25, 0.3) is 5.24 Å². The first-order valence-corrected chi connectivity index (χ1v) is 4.45. The van der Waals surface area contributed by atoms with Crippen LogP contribution in [0.2, 0.25) is 0 Å². The van der Waals surface area contributed by atoms with Gasteiger partial charge in [0.2, 0.25) is 5.91 Å². The Hall–Kier alpha value is -0.510. The summed E-state index contributed by atoms with van der Waals surface area (Å²) in [5.74, 6) is 0.602. The zero-order chi connectivity index (χ0) is 8.22. The second kappa shape index (κ2) is 1.80. The summed E-state index contributed by atoms with van der Waals surface area (Å²) in [6.07, 6.45) is 0. The van der Waals surface area contributed by atoms with Gasteiger partial charge in [0.15, 0.2) is 0 Å². The fourth-order valence-electron chi connectivity index (χ4n) is 1.75. The zero-order valence-electron chi connectivity index (χ0n) is 6.38. The molecule has 0 aromatic rings. The molecule has 2 amide bonds. The Labute approximate surface area is 68.9 Å². The molecule has 1 heterocycles. The molecule has 1 saturated carbocycles. The van der Waals surface area contributed by atoms with E-state index in [4.69, 9.17) is 0 Å². The van der Waals surface area contributed by atoms with E-state index in [1.807, 2.05) is 13.8 Å². The van der Waals surface area contributed by atoms with Crippen molar-refractivity contribution in [3.63, 3.8) is 0 Å². The van der Waals surface area contributed by atoms with E-state index in [2.05, 4.69) is 5.32 Å². The van der Waals surface area contributed by atoms with Crippen LogP contribution in [0, 0.1) is 11.8 Å². The first-order valence-electron chi connectivity index (χ1n) is 3.63. The summed E-state index contributed by atoms with van der Waals surface area (Å²) >= 11 is 1.16. The van der Waals surface area contributed by atoms with Crippen molar-refractivity contribution in [3.8, 4) is 0 Å². The molecule has 1 aliphatic heterocycles. The number of carbonyl (C=O) groups is 2. The summed E-state index contributed by atoms with van der Waals surface area (Å²) in [6.45, 7) is 4.02. The number of carbonyl (C=O) groups excluding carboxylic acids is 2. The van der Waals surface area contributed by atoms with Crippen LogP contribution in [0.4, 0.5) is 4.79 Å². The second-order valence-electron chi connectivity index (χ2n) is 3.21. The lowest BCUT2D eigenvalue weighted by Gasteiger charge is -1.98. The Morgan fingerprint density at radius 1 is 1.36 bits per heavy atom. The first-order chi connectivity index (χ1) is 5.09. The Morgan fingerprint density at radius 2 is 1.91 bits per heavy atom. The Kier molecular flexibility index (Phi) is 1.17. The molecule has 0 bridgehead atoms. The van der Waals surface area contributed by atoms with Gasteiger partial charge >= 0.3 is 0 Å². The van der Waals surface area contributed by atoms with E-state index >= 15 is 0 Å². The molecular formula is C7H9NO2S. The molecule has 1 spiro atoms. The van der Waals surface area contributed by atoms with Crippen molar-refractivity contribution in [2.45, 2.75) is 18.6 Å². The number of nitrogens with one attached hydrogen (secondary N) is 1. The van der Waals surface area contributed by atoms with E-state index in [-0.39, 0.29) is 11.1 Å². The Morgan fingerprint density at radius 3 is 2.09 bits per heavy atom. The highest BCUT2D eigenvalue weighted by Crippen LogP contribution is 2.61. The van der Waals surface area contributed by atoms with Crippen LogP contribution < -0.4 is 5.32 Å². The van der Waals surface area contributed by atoms with Gasteiger partial charge in [-0.25, -0.2) is 0 Å². The minimum Gasteiger partial charge on any atom is -0.286 e. The SMILES string of the molecule is CC1[C@@H](C)C12SC(=O)NC2=O. The molecule has 4 heteroatoms. The van der Waals surface area contributed by atoms with E-state index in [1.54, 1.807) is 0 Å². The predicted octanol–water partition coefficient (Wildman–Crippen LogP) is 0.994. The molecule has 1 aliphatic carbocycles. The van der Waals surface area contributed by atoms with Gasteiger partial charge in [-0.3, -0.25) is 14.9 Å².